The van der Waals surface area contributed by atoms with Gasteiger partial charge in [-0.1, -0.05) is 19.1 Å². The molecule has 6 rings (SSSR count). The molecule has 1 aromatic heterocycles. The maximum Gasteiger partial charge on any atom is 0.417 e. The van der Waals surface area contributed by atoms with Crippen molar-refractivity contribution in [1.29, 1.82) is 0 Å². The number of halogens is 3. The van der Waals surface area contributed by atoms with Crippen LogP contribution in [-0.2, 0) is 28.7 Å². The Bertz CT molecular complexity index is 1260. The molecule has 4 aliphatic heterocycles. The van der Waals surface area contributed by atoms with E-state index in [9.17, 15) is 13.2 Å². The van der Waals surface area contributed by atoms with Crippen LogP contribution in [0.25, 0.3) is 0 Å². The molecule has 3 atom stereocenters. The first-order valence-corrected chi connectivity index (χ1v) is 14.3. The summed E-state index contributed by atoms with van der Waals surface area (Å²) < 4.78 is 58.4. The molecule has 3 fully saturated rings. The minimum atomic E-state index is -4.52. The van der Waals surface area contributed by atoms with E-state index in [1.807, 2.05) is 0 Å². The minimum Gasteiger partial charge on any atom is -0.467 e. The number of fused-ring (bicyclic) bond motifs is 2. The normalized spacial score (nSPS) is 24.8. The first kappa shape index (κ1) is 29.6. The molecule has 0 bridgehead atoms. The number of anilines is 2. The van der Waals surface area contributed by atoms with Crippen LogP contribution in [0.4, 0.5) is 24.7 Å². The standard InChI is InChI=1S/C22H27F3N4O3.C8H13N/c1-12-9-29(4-5-31-10-12)20-16-11-32-18(8-17(16)27-21(28-20)30-3)15-7-14(26)6-13(2)19(15)22(23,24)25;1-7-5-8-3-2-4-9(8)6-7/h6-7,12,18H,4-5,8-11,26H2,1-3H3;8H,1-6H2. The zero-order chi connectivity index (χ0) is 29.3. The molecule has 4 aliphatic rings. The van der Waals surface area contributed by atoms with E-state index in [2.05, 4.69) is 33.3 Å². The predicted molar refractivity (Wildman–Crippen MR) is 151 cm³/mol. The summed E-state index contributed by atoms with van der Waals surface area (Å²) in [6.07, 6.45) is -1.09. The number of aryl methyl sites for hydroxylation is 1. The van der Waals surface area contributed by atoms with Crippen molar-refractivity contribution < 1.29 is 27.4 Å². The third kappa shape index (κ3) is 6.62. The van der Waals surface area contributed by atoms with Crippen LogP contribution in [0.2, 0.25) is 0 Å². The van der Waals surface area contributed by atoms with Gasteiger partial charge in [0.1, 0.15) is 5.82 Å². The molecule has 5 heterocycles. The van der Waals surface area contributed by atoms with E-state index in [0.29, 0.717) is 37.2 Å². The maximum atomic E-state index is 13.8. The molecule has 2 aromatic rings. The quantitative estimate of drug-likeness (QED) is 0.400. The number of nitrogens with zero attached hydrogens (tertiary/aromatic N) is 4. The highest BCUT2D eigenvalue weighted by Gasteiger charge is 2.39. The van der Waals surface area contributed by atoms with E-state index in [0.717, 1.165) is 18.2 Å². The van der Waals surface area contributed by atoms with Crippen LogP contribution in [0.5, 0.6) is 6.01 Å². The largest absolute Gasteiger partial charge is 0.467 e. The fraction of sp³-hybridized carbons (Fsp3) is 0.600. The van der Waals surface area contributed by atoms with E-state index >= 15 is 0 Å². The molecule has 0 spiro atoms. The molecule has 11 heteroatoms. The summed E-state index contributed by atoms with van der Waals surface area (Å²) in [6.45, 7) is 12.7. The summed E-state index contributed by atoms with van der Waals surface area (Å²) >= 11 is 0. The van der Waals surface area contributed by atoms with Crippen molar-refractivity contribution in [2.24, 2.45) is 5.92 Å². The van der Waals surface area contributed by atoms with Crippen molar-refractivity contribution in [3.05, 3.63) is 52.2 Å². The summed E-state index contributed by atoms with van der Waals surface area (Å²) in [5.74, 6) is 0.985. The van der Waals surface area contributed by atoms with E-state index in [1.165, 1.54) is 64.1 Å². The maximum absolute atomic E-state index is 13.8. The van der Waals surface area contributed by atoms with Crippen LogP contribution in [0, 0.1) is 12.8 Å². The fourth-order valence-electron chi connectivity index (χ4n) is 6.46. The molecule has 41 heavy (non-hydrogen) atoms. The Balaban J connectivity index is 0.000000315. The molecule has 0 aliphatic carbocycles. The number of benzene rings is 1. The Morgan fingerprint density at radius 2 is 1.98 bits per heavy atom. The smallest absolute Gasteiger partial charge is 0.417 e. The van der Waals surface area contributed by atoms with Gasteiger partial charge in [0.05, 0.1) is 44.3 Å². The molecular formula is C30H40F3N5O3. The van der Waals surface area contributed by atoms with Crippen LogP contribution < -0.4 is 15.4 Å². The highest BCUT2D eigenvalue weighted by atomic mass is 19.4. The molecule has 3 saturated heterocycles. The third-order valence-electron chi connectivity index (χ3n) is 8.25. The van der Waals surface area contributed by atoms with Crippen molar-refractivity contribution in [1.82, 2.24) is 14.9 Å². The molecule has 1 aromatic carbocycles. The summed E-state index contributed by atoms with van der Waals surface area (Å²) in [6, 6.07) is 3.74. The van der Waals surface area contributed by atoms with Gasteiger partial charge in [-0.15, -0.1) is 0 Å². The lowest BCUT2D eigenvalue weighted by atomic mass is 9.92. The fourth-order valence-corrected chi connectivity index (χ4v) is 6.46. The van der Waals surface area contributed by atoms with Crippen molar-refractivity contribution in [2.45, 2.75) is 64.5 Å². The number of hydrogen-bond donors (Lipinski definition) is 1. The number of nitrogen functional groups attached to an aromatic ring is 1. The van der Waals surface area contributed by atoms with Crippen molar-refractivity contribution in [2.75, 3.05) is 57.1 Å². The van der Waals surface area contributed by atoms with Crippen LogP contribution >= 0.6 is 0 Å². The Morgan fingerprint density at radius 1 is 1.17 bits per heavy atom. The lowest BCUT2D eigenvalue weighted by Crippen LogP contribution is -2.32. The van der Waals surface area contributed by atoms with Crippen LogP contribution in [-0.4, -0.2) is 67.4 Å². The Morgan fingerprint density at radius 3 is 2.71 bits per heavy atom. The van der Waals surface area contributed by atoms with Gasteiger partial charge in [-0.2, -0.15) is 23.1 Å². The number of alkyl halides is 3. The highest BCUT2D eigenvalue weighted by Crippen LogP contribution is 2.43. The average molecular weight is 576 g/mol. The van der Waals surface area contributed by atoms with Gasteiger partial charge in [0.25, 0.3) is 0 Å². The van der Waals surface area contributed by atoms with E-state index in [1.54, 1.807) is 0 Å². The highest BCUT2D eigenvalue weighted by molar-refractivity contribution is 5.54. The van der Waals surface area contributed by atoms with Crippen molar-refractivity contribution in [3.63, 3.8) is 0 Å². The zero-order valence-electron chi connectivity index (χ0n) is 24.1. The molecule has 0 amide bonds. The topological polar surface area (TPSA) is 86.0 Å². The molecule has 0 saturated carbocycles. The number of nitrogens with two attached hydrogens (primary N) is 1. The second-order valence-electron chi connectivity index (χ2n) is 11.6. The van der Waals surface area contributed by atoms with E-state index in [4.69, 9.17) is 19.9 Å². The molecule has 0 radical (unpaired) electrons. The molecule has 224 valence electrons. The van der Waals surface area contributed by atoms with Crippen LogP contribution in [0.1, 0.15) is 60.2 Å². The van der Waals surface area contributed by atoms with Crippen molar-refractivity contribution in [3.8, 4) is 6.01 Å². The summed E-state index contributed by atoms with van der Waals surface area (Å²) in [7, 11) is 1.47. The number of aromatic nitrogens is 2. The van der Waals surface area contributed by atoms with Gasteiger partial charge in [0.15, 0.2) is 0 Å². The SMILES string of the molecule is C=C1CC2CCCN2C1.COc1nc2c(c(N3CCOCC(C)C3)n1)COC(c1cc(N)cc(C)c1C(F)(F)F)C2. The summed E-state index contributed by atoms with van der Waals surface area (Å²) in [5.41, 5.74) is 8.36. The first-order chi connectivity index (χ1) is 19.5. The van der Waals surface area contributed by atoms with Gasteiger partial charge < -0.3 is 24.8 Å². The van der Waals surface area contributed by atoms with Crippen molar-refractivity contribution >= 4 is 11.5 Å². The van der Waals surface area contributed by atoms with Crippen LogP contribution in [0.3, 0.4) is 0 Å². The van der Waals surface area contributed by atoms with Crippen LogP contribution in [0.15, 0.2) is 24.3 Å². The number of rotatable bonds is 3. The predicted octanol–water partition coefficient (Wildman–Crippen LogP) is 5.09. The van der Waals surface area contributed by atoms with E-state index < -0.39 is 17.8 Å². The molecule has 3 unspecified atom stereocenters. The molecule has 8 nitrogen and oxygen atoms in total. The second kappa shape index (κ2) is 12.1. The first-order valence-electron chi connectivity index (χ1n) is 14.3. The lowest BCUT2D eigenvalue weighted by molar-refractivity contribution is -0.140. The Hall–Kier alpha value is -2.89. The number of ether oxygens (including phenoxy) is 3. The van der Waals surface area contributed by atoms with Gasteiger partial charge in [-0.25, -0.2) is 0 Å². The number of hydrogen-bond acceptors (Lipinski definition) is 8. The van der Waals surface area contributed by atoms with Gasteiger partial charge >= 0.3 is 12.2 Å². The lowest BCUT2D eigenvalue weighted by Gasteiger charge is -2.32. The van der Waals surface area contributed by atoms with Gasteiger partial charge in [0.2, 0.25) is 0 Å². The Labute approximate surface area is 239 Å². The zero-order valence-corrected chi connectivity index (χ0v) is 24.1. The van der Waals surface area contributed by atoms with E-state index in [-0.39, 0.29) is 35.9 Å². The monoisotopic (exact) mass is 575 g/mol. The molecular weight excluding hydrogens is 535 g/mol. The third-order valence-corrected chi connectivity index (χ3v) is 8.25. The minimum absolute atomic E-state index is 0.0246. The average Bonchev–Trinajstić information content (AvgIpc) is 3.41. The van der Waals surface area contributed by atoms with Gasteiger partial charge in [0, 0.05) is 43.3 Å². The van der Waals surface area contributed by atoms with Gasteiger partial charge in [-0.05, 0) is 61.9 Å². The molecule has 2 N–H and O–H groups in total. The summed E-state index contributed by atoms with van der Waals surface area (Å²) in [5, 5.41) is 0. The van der Waals surface area contributed by atoms with Gasteiger partial charge in [-0.3, -0.25) is 4.90 Å². The Kier molecular flexibility index (Phi) is 8.77. The number of methoxy groups -OCH3 is 1. The summed E-state index contributed by atoms with van der Waals surface area (Å²) in [4.78, 5) is 13.7. The second-order valence-corrected chi connectivity index (χ2v) is 11.6.